The Hall–Kier alpha value is -1.30. The van der Waals surface area contributed by atoms with Crippen LogP contribution in [0.25, 0.3) is 0 Å². The number of hydrogen-bond acceptors (Lipinski definition) is 3. The molecule has 0 aromatic carbocycles. The Balaban J connectivity index is 1.76. The minimum Gasteiger partial charge on any atom is -0.352 e. The van der Waals surface area contributed by atoms with Crippen molar-refractivity contribution in [1.29, 1.82) is 0 Å². The van der Waals surface area contributed by atoms with Crippen LogP contribution in [0.4, 0.5) is 4.79 Å². The number of amides is 3. The summed E-state index contributed by atoms with van der Waals surface area (Å²) in [6.07, 6.45) is 7.29. The van der Waals surface area contributed by atoms with Crippen LogP contribution in [0.15, 0.2) is 0 Å². The van der Waals surface area contributed by atoms with Gasteiger partial charge in [-0.05, 0) is 44.6 Å². The van der Waals surface area contributed by atoms with Crippen LogP contribution in [0.2, 0.25) is 0 Å². The molecule has 1 heterocycles. The Morgan fingerprint density at radius 3 is 2.45 bits per heavy atom. The number of piperidine rings is 1. The van der Waals surface area contributed by atoms with Gasteiger partial charge in [0, 0.05) is 19.1 Å². The molecule has 1 aliphatic carbocycles. The lowest BCUT2D eigenvalue weighted by atomic mass is 10.0. The molecule has 0 spiro atoms. The Bertz CT molecular complexity index is 376. The molecule has 2 rings (SSSR count). The number of carbonyl (C=O) groups is 2. The van der Waals surface area contributed by atoms with Crippen molar-refractivity contribution < 1.29 is 9.59 Å². The van der Waals surface area contributed by atoms with Gasteiger partial charge in [-0.25, -0.2) is 4.79 Å². The van der Waals surface area contributed by atoms with Gasteiger partial charge >= 0.3 is 6.03 Å². The van der Waals surface area contributed by atoms with Crippen LogP contribution in [0.5, 0.6) is 0 Å². The Morgan fingerprint density at radius 1 is 1.23 bits per heavy atom. The van der Waals surface area contributed by atoms with E-state index in [9.17, 15) is 9.59 Å². The van der Waals surface area contributed by atoms with Crippen LogP contribution in [0.3, 0.4) is 0 Å². The number of likely N-dealkylation sites (tertiary alicyclic amines) is 1. The van der Waals surface area contributed by atoms with E-state index < -0.39 is 12.1 Å². The molecule has 0 radical (unpaired) electrons. The lowest BCUT2D eigenvalue weighted by molar-refractivity contribution is -0.134. The molecule has 2 aliphatic rings. The van der Waals surface area contributed by atoms with Crippen molar-refractivity contribution in [1.82, 2.24) is 15.5 Å². The smallest absolute Gasteiger partial charge is 0.312 e. The Labute approximate surface area is 133 Å². The monoisotopic (exact) mass is 310 g/mol. The van der Waals surface area contributed by atoms with Crippen molar-refractivity contribution in [2.24, 2.45) is 11.7 Å². The van der Waals surface area contributed by atoms with Gasteiger partial charge < -0.3 is 21.3 Å². The number of rotatable bonds is 8. The predicted octanol–water partition coefficient (Wildman–Crippen LogP) is 1.20. The third-order valence-electron chi connectivity index (χ3n) is 4.66. The topological polar surface area (TPSA) is 87.5 Å². The number of nitrogens with one attached hydrogen (secondary N) is 2. The summed E-state index contributed by atoms with van der Waals surface area (Å²) in [7, 11) is 0. The van der Waals surface area contributed by atoms with Crippen molar-refractivity contribution >= 4 is 11.9 Å². The fourth-order valence-corrected chi connectivity index (χ4v) is 3.02. The standard InChI is InChI=1S/C16H30N4O2/c1-2-3-4-14(19-16(17)22)15(21)20-9-7-13(8-10-20)18-11-12-5-6-12/h12-14,18H,2-11H2,1H3,(H3,17,19,22). The van der Waals surface area contributed by atoms with Gasteiger partial charge in [-0.3, -0.25) is 4.79 Å². The van der Waals surface area contributed by atoms with Gasteiger partial charge in [0.25, 0.3) is 0 Å². The van der Waals surface area contributed by atoms with E-state index in [-0.39, 0.29) is 5.91 Å². The summed E-state index contributed by atoms with van der Waals surface area (Å²) in [6, 6.07) is -0.549. The maximum atomic E-state index is 12.6. The highest BCUT2D eigenvalue weighted by Gasteiger charge is 2.29. The van der Waals surface area contributed by atoms with Crippen molar-refractivity contribution in [3.63, 3.8) is 0 Å². The largest absolute Gasteiger partial charge is 0.352 e. The zero-order valence-electron chi connectivity index (χ0n) is 13.6. The second-order valence-electron chi connectivity index (χ2n) is 6.65. The highest BCUT2D eigenvalue weighted by Crippen LogP contribution is 2.28. The Kier molecular flexibility index (Phi) is 6.49. The molecule has 6 nitrogen and oxygen atoms in total. The molecule has 6 heteroatoms. The molecule has 4 N–H and O–H groups in total. The van der Waals surface area contributed by atoms with Crippen molar-refractivity contribution in [3.05, 3.63) is 0 Å². The van der Waals surface area contributed by atoms with Crippen molar-refractivity contribution in [3.8, 4) is 0 Å². The number of hydrogen-bond donors (Lipinski definition) is 3. The first kappa shape index (κ1) is 17.1. The highest BCUT2D eigenvalue weighted by molar-refractivity contribution is 5.86. The maximum Gasteiger partial charge on any atom is 0.312 e. The first-order valence-electron chi connectivity index (χ1n) is 8.68. The van der Waals surface area contributed by atoms with Gasteiger partial charge in [-0.1, -0.05) is 19.8 Å². The SMILES string of the molecule is CCCCC(NC(N)=O)C(=O)N1CCC(NCC2CC2)CC1. The van der Waals surface area contributed by atoms with Gasteiger partial charge in [-0.2, -0.15) is 0 Å². The number of nitrogens with zero attached hydrogens (tertiary/aromatic N) is 1. The average molecular weight is 310 g/mol. The molecule has 1 atom stereocenters. The van der Waals surface area contributed by atoms with Crippen LogP contribution in [-0.4, -0.2) is 48.6 Å². The third kappa shape index (κ3) is 5.48. The molecule has 0 aromatic heterocycles. The van der Waals surface area contributed by atoms with Gasteiger partial charge in [0.05, 0.1) is 0 Å². The fraction of sp³-hybridized carbons (Fsp3) is 0.875. The van der Waals surface area contributed by atoms with E-state index in [1.807, 2.05) is 4.90 Å². The summed E-state index contributed by atoms with van der Waals surface area (Å²) in [6.45, 7) is 4.73. The summed E-state index contributed by atoms with van der Waals surface area (Å²) in [5.41, 5.74) is 5.20. The van der Waals surface area contributed by atoms with E-state index in [1.54, 1.807) is 0 Å². The minimum atomic E-state index is -0.615. The van der Waals surface area contributed by atoms with Crippen molar-refractivity contribution in [2.75, 3.05) is 19.6 Å². The molecule has 3 amide bonds. The number of carbonyl (C=O) groups excluding carboxylic acids is 2. The molecule has 1 saturated carbocycles. The molecular weight excluding hydrogens is 280 g/mol. The predicted molar refractivity (Wildman–Crippen MR) is 86.4 cm³/mol. The van der Waals surface area contributed by atoms with Gasteiger partial charge in [0.2, 0.25) is 5.91 Å². The highest BCUT2D eigenvalue weighted by atomic mass is 16.2. The molecule has 1 saturated heterocycles. The molecular formula is C16H30N4O2. The van der Waals surface area contributed by atoms with E-state index in [1.165, 1.54) is 12.8 Å². The maximum absolute atomic E-state index is 12.6. The molecule has 2 fully saturated rings. The van der Waals surface area contributed by atoms with E-state index >= 15 is 0 Å². The molecule has 0 bridgehead atoms. The van der Waals surface area contributed by atoms with E-state index in [0.29, 0.717) is 12.5 Å². The molecule has 1 aliphatic heterocycles. The lowest BCUT2D eigenvalue weighted by Gasteiger charge is -2.34. The van der Waals surface area contributed by atoms with Gasteiger partial charge in [-0.15, -0.1) is 0 Å². The molecule has 22 heavy (non-hydrogen) atoms. The quantitative estimate of drug-likeness (QED) is 0.629. The second-order valence-corrected chi connectivity index (χ2v) is 6.65. The van der Waals surface area contributed by atoms with Gasteiger partial charge in [0.15, 0.2) is 0 Å². The third-order valence-corrected chi connectivity index (χ3v) is 4.66. The zero-order valence-corrected chi connectivity index (χ0v) is 13.6. The minimum absolute atomic E-state index is 0.0212. The first-order chi connectivity index (χ1) is 10.6. The molecule has 0 aromatic rings. The number of urea groups is 1. The molecule has 126 valence electrons. The van der Waals surface area contributed by atoms with Crippen molar-refractivity contribution in [2.45, 2.75) is 64.0 Å². The zero-order chi connectivity index (χ0) is 15.9. The summed E-state index contributed by atoms with van der Waals surface area (Å²) in [5.74, 6) is 0.908. The van der Waals surface area contributed by atoms with E-state index in [4.69, 9.17) is 5.73 Å². The summed E-state index contributed by atoms with van der Waals surface area (Å²) in [5, 5.41) is 6.21. The fourth-order valence-electron chi connectivity index (χ4n) is 3.02. The van der Waals surface area contributed by atoms with E-state index in [2.05, 4.69) is 17.6 Å². The Morgan fingerprint density at radius 2 is 1.91 bits per heavy atom. The average Bonchev–Trinajstić information content (AvgIpc) is 3.33. The second kappa shape index (κ2) is 8.36. The first-order valence-corrected chi connectivity index (χ1v) is 8.68. The van der Waals surface area contributed by atoms with Crippen LogP contribution in [0.1, 0.15) is 51.9 Å². The summed E-state index contributed by atoms with van der Waals surface area (Å²) in [4.78, 5) is 25.5. The number of nitrogens with two attached hydrogens (primary N) is 1. The van der Waals surface area contributed by atoms with Crippen LogP contribution in [0, 0.1) is 5.92 Å². The lowest BCUT2D eigenvalue weighted by Crippen LogP contribution is -2.53. The van der Waals surface area contributed by atoms with Crippen LogP contribution < -0.4 is 16.4 Å². The van der Waals surface area contributed by atoms with Gasteiger partial charge in [0.1, 0.15) is 6.04 Å². The number of primary amides is 1. The van der Waals surface area contributed by atoms with E-state index in [0.717, 1.165) is 51.2 Å². The normalized spacial score (nSPS) is 20.7. The summed E-state index contributed by atoms with van der Waals surface area (Å²) < 4.78 is 0. The van der Waals surface area contributed by atoms with Crippen LogP contribution >= 0.6 is 0 Å². The van der Waals surface area contributed by atoms with Crippen LogP contribution in [-0.2, 0) is 4.79 Å². The molecule has 1 unspecified atom stereocenters. The summed E-state index contributed by atoms with van der Waals surface area (Å²) >= 11 is 0. The number of unbranched alkanes of at least 4 members (excludes halogenated alkanes) is 1.